The molecule has 2 aliphatic rings. The van der Waals surface area contributed by atoms with E-state index < -0.39 is 0 Å². The van der Waals surface area contributed by atoms with Gasteiger partial charge in [-0.3, -0.25) is 14.5 Å². The van der Waals surface area contributed by atoms with E-state index in [0.717, 1.165) is 49.2 Å². The SMILES string of the molecule is O=C(CN1CCN(C(=O)c2ccc3scnc3c2)CC1)N1CCCC1. The van der Waals surface area contributed by atoms with Gasteiger partial charge in [0.25, 0.3) is 5.91 Å². The van der Waals surface area contributed by atoms with Gasteiger partial charge in [0.2, 0.25) is 5.91 Å². The lowest BCUT2D eigenvalue weighted by Gasteiger charge is -2.35. The van der Waals surface area contributed by atoms with Crippen molar-refractivity contribution in [1.82, 2.24) is 19.7 Å². The first-order chi connectivity index (χ1) is 12.2. The van der Waals surface area contributed by atoms with Gasteiger partial charge in [0.05, 0.1) is 22.3 Å². The Bertz CT molecular complexity index is 776. The first-order valence-corrected chi connectivity index (χ1v) is 9.71. The van der Waals surface area contributed by atoms with Crippen LogP contribution in [0.5, 0.6) is 0 Å². The molecule has 132 valence electrons. The molecule has 1 aromatic carbocycles. The zero-order chi connectivity index (χ0) is 17.2. The molecule has 0 bridgehead atoms. The highest BCUT2D eigenvalue weighted by Gasteiger charge is 2.25. The lowest BCUT2D eigenvalue weighted by atomic mass is 10.1. The summed E-state index contributed by atoms with van der Waals surface area (Å²) in [7, 11) is 0. The van der Waals surface area contributed by atoms with E-state index in [1.807, 2.05) is 28.0 Å². The molecule has 2 fully saturated rings. The van der Waals surface area contributed by atoms with Crippen molar-refractivity contribution in [3.05, 3.63) is 29.3 Å². The predicted molar refractivity (Wildman–Crippen MR) is 97.8 cm³/mol. The molecule has 0 saturated carbocycles. The summed E-state index contributed by atoms with van der Waals surface area (Å²) in [6, 6.07) is 5.72. The van der Waals surface area contributed by atoms with Gasteiger partial charge in [0.15, 0.2) is 0 Å². The van der Waals surface area contributed by atoms with Crippen molar-refractivity contribution < 1.29 is 9.59 Å². The molecule has 0 atom stereocenters. The molecule has 1 aromatic heterocycles. The Morgan fingerprint density at radius 3 is 2.52 bits per heavy atom. The van der Waals surface area contributed by atoms with Gasteiger partial charge in [-0.15, -0.1) is 11.3 Å². The average molecular weight is 358 g/mol. The van der Waals surface area contributed by atoms with Crippen LogP contribution in [0.1, 0.15) is 23.2 Å². The number of benzene rings is 1. The van der Waals surface area contributed by atoms with Gasteiger partial charge in [-0.05, 0) is 31.0 Å². The summed E-state index contributed by atoms with van der Waals surface area (Å²) in [5, 5.41) is 0. The monoisotopic (exact) mass is 358 g/mol. The number of fused-ring (bicyclic) bond motifs is 1. The third-order valence-electron chi connectivity index (χ3n) is 5.05. The lowest BCUT2D eigenvalue weighted by molar-refractivity contribution is -0.131. The van der Waals surface area contributed by atoms with Gasteiger partial charge in [0, 0.05) is 44.8 Å². The van der Waals surface area contributed by atoms with E-state index in [4.69, 9.17) is 0 Å². The summed E-state index contributed by atoms with van der Waals surface area (Å²) in [4.78, 5) is 35.2. The minimum atomic E-state index is 0.0559. The molecule has 25 heavy (non-hydrogen) atoms. The molecule has 2 amide bonds. The maximum atomic E-state index is 12.7. The Kier molecular flexibility index (Phi) is 4.67. The number of rotatable bonds is 3. The standard InChI is InChI=1S/C18H22N4O2S/c23-17(21-5-1-2-6-21)12-20-7-9-22(10-8-20)18(24)14-3-4-16-15(11-14)19-13-25-16/h3-4,11,13H,1-2,5-10,12H2. The van der Waals surface area contributed by atoms with Gasteiger partial charge in [0.1, 0.15) is 0 Å². The van der Waals surface area contributed by atoms with E-state index in [2.05, 4.69) is 9.88 Å². The van der Waals surface area contributed by atoms with Crippen LogP contribution >= 0.6 is 11.3 Å². The topological polar surface area (TPSA) is 56.8 Å². The lowest BCUT2D eigenvalue weighted by Crippen LogP contribution is -2.51. The summed E-state index contributed by atoms with van der Waals surface area (Å²) in [6.07, 6.45) is 2.24. The quantitative estimate of drug-likeness (QED) is 0.838. The maximum absolute atomic E-state index is 12.7. The fraction of sp³-hybridized carbons (Fsp3) is 0.500. The fourth-order valence-corrected chi connectivity index (χ4v) is 4.20. The number of thiazole rings is 1. The van der Waals surface area contributed by atoms with Crippen LogP contribution in [-0.4, -0.2) is 77.3 Å². The van der Waals surface area contributed by atoms with Crippen LogP contribution in [0.4, 0.5) is 0 Å². The number of carbonyl (C=O) groups is 2. The van der Waals surface area contributed by atoms with Crippen LogP contribution in [0, 0.1) is 0 Å². The van der Waals surface area contributed by atoms with E-state index in [0.29, 0.717) is 25.2 Å². The summed E-state index contributed by atoms with van der Waals surface area (Å²) in [5.41, 5.74) is 3.38. The van der Waals surface area contributed by atoms with Crippen molar-refractivity contribution in [2.75, 3.05) is 45.8 Å². The highest BCUT2D eigenvalue weighted by Crippen LogP contribution is 2.20. The second-order valence-electron chi connectivity index (χ2n) is 6.69. The Labute approximate surface area is 151 Å². The Hall–Kier alpha value is -1.99. The van der Waals surface area contributed by atoms with Gasteiger partial charge < -0.3 is 9.80 Å². The van der Waals surface area contributed by atoms with Crippen molar-refractivity contribution in [1.29, 1.82) is 0 Å². The zero-order valence-electron chi connectivity index (χ0n) is 14.2. The van der Waals surface area contributed by atoms with E-state index in [1.165, 1.54) is 0 Å². The molecular weight excluding hydrogens is 336 g/mol. The van der Waals surface area contributed by atoms with Crippen LogP contribution in [0.15, 0.2) is 23.7 Å². The first-order valence-electron chi connectivity index (χ1n) is 8.83. The van der Waals surface area contributed by atoms with E-state index in [1.54, 1.807) is 16.8 Å². The molecule has 6 nitrogen and oxygen atoms in total. The Morgan fingerprint density at radius 2 is 1.76 bits per heavy atom. The summed E-state index contributed by atoms with van der Waals surface area (Å²) in [5.74, 6) is 0.284. The third kappa shape index (κ3) is 3.52. The molecular formula is C18H22N4O2S. The zero-order valence-corrected chi connectivity index (χ0v) is 15.0. The number of hydrogen-bond donors (Lipinski definition) is 0. The van der Waals surface area contributed by atoms with Crippen molar-refractivity contribution >= 4 is 33.4 Å². The Balaban J connectivity index is 1.33. The first kappa shape index (κ1) is 16.5. The smallest absolute Gasteiger partial charge is 0.254 e. The number of amides is 2. The maximum Gasteiger partial charge on any atom is 0.254 e. The molecule has 2 aliphatic heterocycles. The highest BCUT2D eigenvalue weighted by atomic mass is 32.1. The number of hydrogen-bond acceptors (Lipinski definition) is 5. The summed E-state index contributed by atoms with van der Waals surface area (Å²) in [6.45, 7) is 5.12. The van der Waals surface area contributed by atoms with Crippen LogP contribution < -0.4 is 0 Å². The number of likely N-dealkylation sites (tertiary alicyclic amines) is 1. The summed E-state index contributed by atoms with van der Waals surface area (Å²) >= 11 is 1.58. The van der Waals surface area contributed by atoms with Gasteiger partial charge in [-0.2, -0.15) is 0 Å². The minimum Gasteiger partial charge on any atom is -0.342 e. The minimum absolute atomic E-state index is 0.0559. The van der Waals surface area contributed by atoms with Crippen molar-refractivity contribution in [2.45, 2.75) is 12.8 Å². The third-order valence-corrected chi connectivity index (χ3v) is 5.86. The number of carbonyl (C=O) groups excluding carboxylic acids is 2. The van der Waals surface area contributed by atoms with Crippen LogP contribution in [0.25, 0.3) is 10.2 Å². The predicted octanol–water partition coefficient (Wildman–Crippen LogP) is 1.68. The second kappa shape index (κ2) is 7.09. The molecule has 4 rings (SSSR count). The fourth-order valence-electron chi connectivity index (χ4n) is 3.54. The number of nitrogens with zero attached hydrogens (tertiary/aromatic N) is 4. The van der Waals surface area contributed by atoms with Crippen LogP contribution in [-0.2, 0) is 4.79 Å². The molecule has 2 saturated heterocycles. The largest absolute Gasteiger partial charge is 0.342 e. The van der Waals surface area contributed by atoms with Crippen molar-refractivity contribution in [2.24, 2.45) is 0 Å². The molecule has 0 spiro atoms. The van der Waals surface area contributed by atoms with Gasteiger partial charge >= 0.3 is 0 Å². The average Bonchev–Trinajstić information content (AvgIpc) is 3.32. The van der Waals surface area contributed by atoms with E-state index >= 15 is 0 Å². The molecule has 3 heterocycles. The van der Waals surface area contributed by atoms with Crippen molar-refractivity contribution in [3.63, 3.8) is 0 Å². The molecule has 0 N–H and O–H groups in total. The van der Waals surface area contributed by atoms with Crippen molar-refractivity contribution in [3.8, 4) is 0 Å². The molecule has 0 unspecified atom stereocenters. The molecule has 2 aromatic rings. The number of piperazine rings is 1. The molecule has 0 aliphatic carbocycles. The molecule has 0 radical (unpaired) electrons. The van der Waals surface area contributed by atoms with Crippen LogP contribution in [0.2, 0.25) is 0 Å². The van der Waals surface area contributed by atoms with Crippen LogP contribution in [0.3, 0.4) is 0 Å². The Morgan fingerprint density at radius 1 is 1.00 bits per heavy atom. The van der Waals surface area contributed by atoms with Gasteiger partial charge in [-0.1, -0.05) is 0 Å². The normalized spacial score (nSPS) is 18.9. The highest BCUT2D eigenvalue weighted by molar-refractivity contribution is 7.16. The molecule has 7 heteroatoms. The summed E-state index contributed by atoms with van der Waals surface area (Å²) < 4.78 is 1.10. The van der Waals surface area contributed by atoms with E-state index in [9.17, 15) is 9.59 Å². The van der Waals surface area contributed by atoms with Gasteiger partial charge in [-0.25, -0.2) is 4.98 Å². The number of aromatic nitrogens is 1. The van der Waals surface area contributed by atoms with E-state index in [-0.39, 0.29) is 11.8 Å². The second-order valence-corrected chi connectivity index (χ2v) is 7.58.